The topological polar surface area (TPSA) is 41.5 Å². The number of hydrogen-bond acceptors (Lipinski definition) is 5. The van der Waals surface area contributed by atoms with Crippen LogP contribution in [0.5, 0.6) is 5.75 Å². The smallest absolute Gasteiger partial charge is 0.130 e. The van der Waals surface area contributed by atoms with Gasteiger partial charge in [-0.3, -0.25) is 4.90 Å². The number of nitrogens with zero attached hydrogens (tertiary/aromatic N) is 4. The predicted molar refractivity (Wildman–Crippen MR) is 116 cm³/mol. The fourth-order valence-electron chi connectivity index (χ4n) is 4.72. The Morgan fingerprint density at radius 1 is 1.14 bits per heavy atom. The van der Waals surface area contributed by atoms with Gasteiger partial charge in [0.2, 0.25) is 0 Å². The van der Waals surface area contributed by atoms with E-state index in [2.05, 4.69) is 72.0 Å². The molecule has 1 aliphatic carbocycles. The average Bonchev–Trinajstić information content (AvgIpc) is 2.84. The summed E-state index contributed by atoms with van der Waals surface area (Å²) < 4.78 is 6.74. The second-order valence-corrected chi connectivity index (χ2v) is 9.34. The Kier molecular flexibility index (Phi) is 5.88. The molecule has 1 fully saturated rings. The van der Waals surface area contributed by atoms with Crippen LogP contribution in [0.25, 0.3) is 0 Å². The zero-order valence-corrected chi connectivity index (χ0v) is 18.3. The molecule has 0 saturated heterocycles. The minimum Gasteiger partial charge on any atom is -0.486 e. The molecule has 1 saturated carbocycles. The summed E-state index contributed by atoms with van der Waals surface area (Å²) in [6.07, 6.45) is 8.57. The minimum absolute atomic E-state index is 0.0994. The highest BCUT2D eigenvalue weighted by molar-refractivity contribution is 5.35. The van der Waals surface area contributed by atoms with E-state index < -0.39 is 0 Å². The average molecular weight is 395 g/mol. The van der Waals surface area contributed by atoms with Crippen LogP contribution >= 0.6 is 0 Å². The van der Waals surface area contributed by atoms with Crippen molar-refractivity contribution in [2.45, 2.75) is 70.2 Å². The molecule has 4 rings (SSSR count). The highest BCUT2D eigenvalue weighted by Gasteiger charge is 2.41. The van der Waals surface area contributed by atoms with Crippen LogP contribution in [0.3, 0.4) is 0 Å². The van der Waals surface area contributed by atoms with E-state index in [0.29, 0.717) is 12.0 Å². The Bertz CT molecular complexity index is 810. The lowest BCUT2D eigenvalue weighted by Gasteiger charge is -2.43. The van der Waals surface area contributed by atoms with Gasteiger partial charge in [-0.05, 0) is 45.8 Å². The van der Waals surface area contributed by atoms with Crippen LogP contribution in [0.15, 0.2) is 36.7 Å². The number of benzene rings is 1. The lowest BCUT2D eigenvalue weighted by molar-refractivity contribution is -0.0135. The first-order chi connectivity index (χ1) is 13.9. The van der Waals surface area contributed by atoms with Gasteiger partial charge < -0.3 is 9.64 Å². The van der Waals surface area contributed by atoms with Crippen molar-refractivity contribution in [1.29, 1.82) is 0 Å². The molecule has 0 amide bonds. The van der Waals surface area contributed by atoms with Crippen molar-refractivity contribution in [3.05, 3.63) is 53.6 Å². The second-order valence-electron chi connectivity index (χ2n) is 9.34. The molecule has 0 bridgehead atoms. The molecule has 1 aromatic heterocycles. The fraction of sp³-hybridized carbons (Fsp3) is 0.583. The minimum atomic E-state index is -0.0994. The second kappa shape index (κ2) is 8.41. The van der Waals surface area contributed by atoms with Crippen molar-refractivity contribution >= 4 is 0 Å². The van der Waals surface area contributed by atoms with Gasteiger partial charge in [0.15, 0.2) is 0 Å². The summed E-state index contributed by atoms with van der Waals surface area (Å²) in [5, 5.41) is 0. The van der Waals surface area contributed by atoms with Crippen LogP contribution < -0.4 is 4.74 Å². The van der Waals surface area contributed by atoms with Gasteiger partial charge in [-0.2, -0.15) is 0 Å². The first-order valence-corrected chi connectivity index (χ1v) is 10.9. The van der Waals surface area contributed by atoms with Crippen molar-refractivity contribution in [2.24, 2.45) is 0 Å². The zero-order valence-electron chi connectivity index (χ0n) is 18.3. The number of hydrogen-bond donors (Lipinski definition) is 0. The standard InChI is InChI=1S/C24H34N4O/c1-18(2)23-25-13-19(14-26-23)15-28-16-20-7-5-6-8-22(20)29-24(17-28)11-9-21(10-12-24)27(3)4/h5-8,13-14,18,21H,9-12,15-17H2,1-4H3. The molecule has 29 heavy (non-hydrogen) atoms. The molecule has 1 spiro atoms. The SMILES string of the molecule is CC(C)c1ncc(CN2Cc3ccccc3OC3(CCC(N(C)C)CC3)C2)cn1. The van der Waals surface area contributed by atoms with Gasteiger partial charge in [0.25, 0.3) is 0 Å². The van der Waals surface area contributed by atoms with Gasteiger partial charge in [-0.25, -0.2) is 9.97 Å². The third kappa shape index (κ3) is 4.62. The number of para-hydroxylation sites is 1. The monoisotopic (exact) mass is 394 g/mol. The quantitative estimate of drug-likeness (QED) is 0.776. The number of aromatic nitrogens is 2. The van der Waals surface area contributed by atoms with E-state index in [0.717, 1.165) is 44.0 Å². The van der Waals surface area contributed by atoms with E-state index in [1.54, 1.807) is 0 Å². The van der Waals surface area contributed by atoms with Crippen molar-refractivity contribution in [3.63, 3.8) is 0 Å². The van der Waals surface area contributed by atoms with Crippen LogP contribution in [-0.4, -0.2) is 52.1 Å². The van der Waals surface area contributed by atoms with Crippen molar-refractivity contribution in [3.8, 4) is 5.75 Å². The molecule has 156 valence electrons. The van der Waals surface area contributed by atoms with E-state index in [-0.39, 0.29) is 5.60 Å². The summed E-state index contributed by atoms with van der Waals surface area (Å²) in [5.74, 6) is 2.33. The summed E-state index contributed by atoms with van der Waals surface area (Å²) >= 11 is 0. The number of fused-ring (bicyclic) bond motifs is 1. The van der Waals surface area contributed by atoms with Gasteiger partial charge in [-0.1, -0.05) is 32.0 Å². The molecule has 2 aliphatic rings. The maximum atomic E-state index is 6.74. The summed E-state index contributed by atoms with van der Waals surface area (Å²) in [4.78, 5) is 14.0. The maximum absolute atomic E-state index is 6.74. The first-order valence-electron chi connectivity index (χ1n) is 10.9. The predicted octanol–water partition coefficient (Wildman–Crippen LogP) is 4.24. The lowest BCUT2D eigenvalue weighted by Crippen LogP contribution is -2.50. The molecular formula is C24H34N4O. The van der Waals surface area contributed by atoms with Gasteiger partial charge in [0.05, 0.1) is 0 Å². The molecule has 0 N–H and O–H groups in total. The molecule has 0 atom stereocenters. The van der Waals surface area contributed by atoms with Gasteiger partial charge in [0, 0.05) is 55.1 Å². The largest absolute Gasteiger partial charge is 0.486 e. The van der Waals surface area contributed by atoms with E-state index in [4.69, 9.17) is 4.74 Å². The molecule has 1 aromatic carbocycles. The summed E-state index contributed by atoms with van der Waals surface area (Å²) in [6, 6.07) is 9.20. The van der Waals surface area contributed by atoms with Crippen molar-refractivity contribution < 1.29 is 4.74 Å². The molecule has 1 aliphatic heterocycles. The van der Waals surface area contributed by atoms with Crippen LogP contribution in [0.4, 0.5) is 0 Å². The Hall–Kier alpha value is -1.98. The van der Waals surface area contributed by atoms with Crippen LogP contribution in [-0.2, 0) is 13.1 Å². The van der Waals surface area contributed by atoms with E-state index >= 15 is 0 Å². The summed E-state index contributed by atoms with van der Waals surface area (Å²) in [7, 11) is 4.39. The molecular weight excluding hydrogens is 360 g/mol. The Morgan fingerprint density at radius 3 is 2.48 bits per heavy atom. The Labute approximate surface area is 175 Å². The molecule has 2 aromatic rings. The van der Waals surface area contributed by atoms with Gasteiger partial charge in [0.1, 0.15) is 17.2 Å². The molecule has 5 nitrogen and oxygen atoms in total. The molecule has 0 unspecified atom stereocenters. The third-order valence-corrected chi connectivity index (χ3v) is 6.45. The zero-order chi connectivity index (χ0) is 20.4. The Balaban J connectivity index is 1.55. The molecule has 2 heterocycles. The third-order valence-electron chi connectivity index (χ3n) is 6.45. The molecule has 0 radical (unpaired) electrons. The fourth-order valence-corrected chi connectivity index (χ4v) is 4.72. The summed E-state index contributed by atoms with van der Waals surface area (Å²) in [6.45, 7) is 6.97. The maximum Gasteiger partial charge on any atom is 0.130 e. The van der Waals surface area contributed by atoms with E-state index in [1.165, 1.54) is 24.0 Å². The summed E-state index contributed by atoms with van der Waals surface area (Å²) in [5.41, 5.74) is 2.35. The highest BCUT2D eigenvalue weighted by Crippen LogP contribution is 2.39. The van der Waals surface area contributed by atoms with Crippen molar-refractivity contribution in [2.75, 3.05) is 20.6 Å². The van der Waals surface area contributed by atoms with Gasteiger partial charge in [-0.15, -0.1) is 0 Å². The lowest BCUT2D eigenvalue weighted by atomic mass is 9.81. The Morgan fingerprint density at radius 2 is 1.83 bits per heavy atom. The van der Waals surface area contributed by atoms with Crippen molar-refractivity contribution in [1.82, 2.24) is 19.8 Å². The normalized spacial score (nSPS) is 25.1. The van der Waals surface area contributed by atoms with E-state index in [1.807, 2.05) is 12.4 Å². The van der Waals surface area contributed by atoms with E-state index in [9.17, 15) is 0 Å². The van der Waals surface area contributed by atoms with Gasteiger partial charge >= 0.3 is 0 Å². The van der Waals surface area contributed by atoms with Crippen LogP contribution in [0.2, 0.25) is 0 Å². The molecule has 5 heteroatoms. The number of rotatable bonds is 4. The first kappa shape index (κ1) is 20.3. The van der Waals surface area contributed by atoms with Crippen LogP contribution in [0.1, 0.15) is 62.4 Å². The van der Waals surface area contributed by atoms with Crippen LogP contribution in [0, 0.1) is 0 Å². The number of ether oxygens (including phenoxy) is 1. The highest BCUT2D eigenvalue weighted by atomic mass is 16.5.